The lowest BCUT2D eigenvalue weighted by Crippen LogP contribution is -2.20. The number of rotatable bonds is 9. The minimum atomic E-state index is -0.0207. The second-order valence-electron chi connectivity index (χ2n) is 11.2. The number of benzene rings is 5. The second-order valence-corrected chi connectivity index (χ2v) is 12.8. The monoisotopic (exact) mass is 659 g/mol. The highest BCUT2D eigenvalue weighted by Crippen LogP contribution is 2.42. The van der Waals surface area contributed by atoms with Gasteiger partial charge in [-0.2, -0.15) is 0 Å². The number of halogens is 2. The highest BCUT2D eigenvalue weighted by molar-refractivity contribution is 9.11. The van der Waals surface area contributed by atoms with Gasteiger partial charge >= 0.3 is 0 Å². The molecule has 0 aliphatic carbocycles. The molecule has 0 amide bonds. The van der Waals surface area contributed by atoms with Crippen LogP contribution in [0.25, 0.3) is 21.5 Å². The van der Waals surface area contributed by atoms with Crippen molar-refractivity contribution in [3.8, 4) is 11.5 Å². The lowest BCUT2D eigenvalue weighted by molar-refractivity contribution is 0.273. The number of ether oxygens (including phenoxy) is 2. The largest absolute Gasteiger partial charge is 0.497 e. The number of hydrogen-bond donors (Lipinski definition) is 1. The highest BCUT2D eigenvalue weighted by Gasteiger charge is 2.21. The molecule has 0 unspecified atom stereocenters. The van der Waals surface area contributed by atoms with Crippen LogP contribution in [0.5, 0.6) is 11.5 Å². The van der Waals surface area contributed by atoms with Gasteiger partial charge in [-0.25, -0.2) is 0 Å². The molecule has 0 radical (unpaired) electrons. The van der Waals surface area contributed by atoms with E-state index in [2.05, 4.69) is 138 Å². The van der Waals surface area contributed by atoms with Crippen LogP contribution < -0.4 is 14.8 Å². The Bertz CT molecular complexity index is 1640. The van der Waals surface area contributed by atoms with Crippen LogP contribution in [-0.4, -0.2) is 13.7 Å². The van der Waals surface area contributed by atoms with E-state index in [-0.39, 0.29) is 5.41 Å². The van der Waals surface area contributed by atoms with Gasteiger partial charge in [0, 0.05) is 31.1 Å². The molecule has 0 saturated heterocycles. The summed E-state index contributed by atoms with van der Waals surface area (Å²) in [7, 11) is 1.69. The third-order valence-electron chi connectivity index (χ3n) is 7.69. The molecule has 0 aromatic heterocycles. The van der Waals surface area contributed by atoms with Crippen molar-refractivity contribution in [2.75, 3.05) is 19.0 Å². The van der Waals surface area contributed by atoms with Crippen LogP contribution in [0.15, 0.2) is 93.9 Å². The summed E-state index contributed by atoms with van der Waals surface area (Å²) in [5.41, 5.74) is 4.82. The normalized spacial score (nSPS) is 11.8. The van der Waals surface area contributed by atoms with Crippen molar-refractivity contribution in [1.82, 2.24) is 0 Å². The van der Waals surface area contributed by atoms with Crippen LogP contribution >= 0.6 is 31.9 Å². The first-order valence-electron chi connectivity index (χ1n) is 13.6. The van der Waals surface area contributed by atoms with Gasteiger partial charge in [0.05, 0.1) is 13.7 Å². The molecule has 206 valence electrons. The van der Waals surface area contributed by atoms with Crippen LogP contribution in [-0.2, 0) is 5.41 Å². The maximum absolute atomic E-state index is 6.28. The summed E-state index contributed by atoms with van der Waals surface area (Å²) in [5, 5.41) is 8.00. The van der Waals surface area contributed by atoms with Crippen molar-refractivity contribution in [3.05, 3.63) is 105 Å². The highest BCUT2D eigenvalue weighted by atomic mass is 79.9. The molecule has 0 heterocycles. The molecule has 5 heteroatoms. The van der Waals surface area contributed by atoms with Gasteiger partial charge in [-0.1, -0.05) is 52.0 Å². The molecule has 0 fully saturated rings. The fourth-order valence-electron chi connectivity index (χ4n) is 4.99. The maximum Gasteiger partial charge on any atom is 0.119 e. The van der Waals surface area contributed by atoms with Gasteiger partial charge in [-0.05, 0) is 132 Å². The Hall–Kier alpha value is -3.02. The Morgan fingerprint density at radius 3 is 1.77 bits per heavy atom. The van der Waals surface area contributed by atoms with Gasteiger partial charge in [0.1, 0.15) is 11.5 Å². The van der Waals surface area contributed by atoms with E-state index in [1.165, 1.54) is 11.1 Å². The summed E-state index contributed by atoms with van der Waals surface area (Å²) >= 11 is 7.66. The van der Waals surface area contributed by atoms with Crippen LogP contribution in [0, 0.1) is 0 Å². The average Bonchev–Trinajstić information content (AvgIpc) is 2.96. The summed E-state index contributed by atoms with van der Waals surface area (Å²) in [5.74, 6) is 2.24. The number of hydrogen-bond acceptors (Lipinski definition) is 3. The molecule has 5 aromatic carbocycles. The smallest absolute Gasteiger partial charge is 0.119 e. The van der Waals surface area contributed by atoms with Gasteiger partial charge in [0.25, 0.3) is 0 Å². The van der Waals surface area contributed by atoms with E-state index in [4.69, 9.17) is 9.47 Å². The van der Waals surface area contributed by atoms with E-state index in [0.717, 1.165) is 59.8 Å². The minimum Gasteiger partial charge on any atom is -0.497 e. The van der Waals surface area contributed by atoms with E-state index in [9.17, 15) is 0 Å². The van der Waals surface area contributed by atoms with E-state index >= 15 is 0 Å². The van der Waals surface area contributed by atoms with Crippen molar-refractivity contribution in [2.45, 2.75) is 45.4 Å². The summed E-state index contributed by atoms with van der Waals surface area (Å²) in [6.07, 6.45) is 0.900. The summed E-state index contributed by atoms with van der Waals surface area (Å²) in [4.78, 5) is 0. The van der Waals surface area contributed by atoms with Gasteiger partial charge in [0.2, 0.25) is 0 Å². The Labute approximate surface area is 254 Å². The number of anilines is 2. The Morgan fingerprint density at radius 2 is 1.23 bits per heavy atom. The summed E-state index contributed by atoms with van der Waals surface area (Å²) in [6.45, 7) is 9.61. The van der Waals surface area contributed by atoms with Gasteiger partial charge < -0.3 is 14.8 Å². The molecule has 40 heavy (non-hydrogen) atoms. The topological polar surface area (TPSA) is 30.5 Å². The molecule has 5 aromatic rings. The first kappa shape index (κ1) is 28.5. The van der Waals surface area contributed by atoms with Crippen molar-refractivity contribution < 1.29 is 9.47 Å². The third kappa shape index (κ3) is 6.01. The summed E-state index contributed by atoms with van der Waals surface area (Å²) < 4.78 is 13.8. The average molecular weight is 661 g/mol. The van der Waals surface area contributed by atoms with Crippen LogP contribution in [0.4, 0.5) is 11.4 Å². The molecule has 0 bridgehead atoms. The van der Waals surface area contributed by atoms with E-state index in [1.54, 1.807) is 7.11 Å². The molecule has 1 N–H and O–H groups in total. The zero-order valence-electron chi connectivity index (χ0n) is 23.6. The Kier molecular flexibility index (Phi) is 8.44. The van der Waals surface area contributed by atoms with E-state index in [0.29, 0.717) is 12.5 Å². The predicted octanol–water partition coefficient (Wildman–Crippen LogP) is 11.1. The molecule has 0 aliphatic heterocycles. The number of nitrogens with one attached hydrogen (secondary N) is 1. The van der Waals surface area contributed by atoms with Gasteiger partial charge in [-0.3, -0.25) is 0 Å². The molecule has 0 spiro atoms. The van der Waals surface area contributed by atoms with Gasteiger partial charge in [0.15, 0.2) is 0 Å². The number of methoxy groups -OCH3 is 1. The van der Waals surface area contributed by atoms with Crippen molar-refractivity contribution in [3.63, 3.8) is 0 Å². The molecular weight excluding hydrogens is 626 g/mol. The van der Waals surface area contributed by atoms with Crippen LogP contribution in [0.2, 0.25) is 0 Å². The molecule has 0 aliphatic rings. The zero-order valence-corrected chi connectivity index (χ0v) is 26.8. The van der Waals surface area contributed by atoms with Gasteiger partial charge in [-0.15, -0.1) is 0 Å². The van der Waals surface area contributed by atoms with E-state index < -0.39 is 0 Å². The molecule has 0 saturated carbocycles. The minimum absolute atomic E-state index is 0.0207. The van der Waals surface area contributed by atoms with Crippen LogP contribution in [0.1, 0.15) is 51.2 Å². The standard InChI is InChI=1S/C35H35Br2NO2/c1-22(2)23-6-10-25(11-7-23)38-26-12-8-24(9-13-26)35(3,4)18-19-40-28-15-17-30-32(21-28)34(37)29-16-14-27(39-5)20-31(29)33(30)36/h6-17,20-22,38H,18-19H2,1-5H3. The number of fused-ring (bicyclic) bond motifs is 2. The van der Waals surface area contributed by atoms with Crippen molar-refractivity contribution in [2.24, 2.45) is 0 Å². The Balaban J connectivity index is 1.25. The first-order valence-corrected chi connectivity index (χ1v) is 15.2. The maximum atomic E-state index is 6.28. The fourth-order valence-corrected chi connectivity index (χ4v) is 6.34. The lowest BCUT2D eigenvalue weighted by Gasteiger charge is -2.26. The first-order chi connectivity index (χ1) is 19.2. The fraction of sp³-hybridized carbons (Fsp3) is 0.257. The predicted molar refractivity (Wildman–Crippen MR) is 177 cm³/mol. The second kappa shape index (κ2) is 11.8. The van der Waals surface area contributed by atoms with E-state index in [1.807, 2.05) is 12.1 Å². The summed E-state index contributed by atoms with van der Waals surface area (Å²) in [6, 6.07) is 29.8. The van der Waals surface area contributed by atoms with Crippen LogP contribution in [0.3, 0.4) is 0 Å². The molecule has 0 atom stereocenters. The molecule has 5 rings (SSSR count). The lowest BCUT2D eigenvalue weighted by atomic mass is 9.82. The quantitative estimate of drug-likeness (QED) is 0.160. The zero-order chi connectivity index (χ0) is 28.4. The molecular formula is C35H35Br2NO2. The third-order valence-corrected chi connectivity index (χ3v) is 9.40. The molecule has 3 nitrogen and oxygen atoms in total. The van der Waals surface area contributed by atoms with Crippen molar-refractivity contribution >= 4 is 64.8 Å². The van der Waals surface area contributed by atoms with Crippen molar-refractivity contribution in [1.29, 1.82) is 0 Å². The SMILES string of the molecule is COc1ccc2c(Br)c3cc(OCCC(C)(C)c4ccc(Nc5ccc(C(C)C)cc5)cc4)ccc3c(Br)c2c1. The Morgan fingerprint density at radius 1 is 0.700 bits per heavy atom.